The molecule has 0 fully saturated rings. The van der Waals surface area contributed by atoms with Crippen molar-refractivity contribution in [3.63, 3.8) is 0 Å². The van der Waals surface area contributed by atoms with Crippen LogP contribution >= 0.6 is 0 Å². The van der Waals surface area contributed by atoms with Gasteiger partial charge in [0.05, 0.1) is 50.8 Å². The van der Waals surface area contributed by atoms with Gasteiger partial charge in [0.15, 0.2) is 0 Å². The molecule has 8 aromatic rings. The highest BCUT2D eigenvalue weighted by molar-refractivity contribution is 5.72. The molecule has 4 aliphatic rings. The van der Waals surface area contributed by atoms with Gasteiger partial charge >= 0.3 is 0 Å². The average Bonchev–Trinajstić information content (AvgIpc) is 4.27. The number of benzene rings is 4. The van der Waals surface area contributed by atoms with Crippen molar-refractivity contribution < 1.29 is 18.9 Å². The van der Waals surface area contributed by atoms with Crippen molar-refractivity contribution in [2.24, 2.45) is 0 Å². The fraction of sp³-hybridized carbons (Fsp3) is 0.290. The van der Waals surface area contributed by atoms with E-state index >= 15 is 0 Å². The Hall–Kier alpha value is -6.76. The summed E-state index contributed by atoms with van der Waals surface area (Å²) in [5.74, 6) is 0. The van der Waals surface area contributed by atoms with Crippen LogP contribution in [0, 0.1) is 0 Å². The lowest BCUT2D eigenvalue weighted by Gasteiger charge is -2.11. The molecule has 12 rings (SSSR count). The molecule has 2 N–H and O–H groups in total. The fourth-order valence-electron chi connectivity index (χ4n) is 10.3. The van der Waals surface area contributed by atoms with Gasteiger partial charge in [-0.3, -0.25) is 19.9 Å². The predicted molar refractivity (Wildman–Crippen MR) is 286 cm³/mol. The van der Waals surface area contributed by atoms with Gasteiger partial charge in [-0.25, -0.2) is 0 Å². The first-order chi connectivity index (χ1) is 35.6. The highest BCUT2D eigenvalue weighted by Gasteiger charge is 2.28. The zero-order chi connectivity index (χ0) is 49.5. The van der Waals surface area contributed by atoms with Crippen molar-refractivity contribution >= 4 is 0 Å². The minimum Gasteiger partial charge on any atom is -0.369 e. The molecule has 0 saturated heterocycles. The molecule has 0 saturated carbocycles. The van der Waals surface area contributed by atoms with Crippen LogP contribution in [-0.4, -0.2) is 47.1 Å². The molecule has 8 heterocycles. The molecular formula is C62H66N6O4. The largest absolute Gasteiger partial charge is 0.369 e. The molecule has 0 radical (unpaired) electrons. The van der Waals surface area contributed by atoms with Crippen LogP contribution < -0.4 is 10.6 Å². The van der Waals surface area contributed by atoms with Gasteiger partial charge in [0.1, 0.15) is 0 Å². The monoisotopic (exact) mass is 959 g/mol. The van der Waals surface area contributed by atoms with Gasteiger partial charge in [-0.15, -0.1) is 0 Å². The van der Waals surface area contributed by atoms with Gasteiger partial charge in [-0.1, -0.05) is 99.5 Å². The number of likely N-dealkylation sites (N-methyl/N-ethyl adjacent to an activating group) is 2. The smallest absolute Gasteiger partial charge is 0.0957 e. The molecule has 0 spiro atoms. The normalized spacial score (nSPS) is 17.7. The quantitative estimate of drug-likeness (QED) is 0.123. The summed E-state index contributed by atoms with van der Waals surface area (Å²) >= 11 is 0. The summed E-state index contributed by atoms with van der Waals surface area (Å²) in [6.07, 6.45) is 20.1. The van der Waals surface area contributed by atoms with Gasteiger partial charge in [0.2, 0.25) is 0 Å². The summed E-state index contributed by atoms with van der Waals surface area (Å²) < 4.78 is 23.5. The fourth-order valence-corrected chi connectivity index (χ4v) is 10.3. The van der Waals surface area contributed by atoms with Crippen molar-refractivity contribution in [2.75, 3.05) is 27.2 Å². The van der Waals surface area contributed by atoms with Crippen LogP contribution in [0.2, 0.25) is 0 Å². The number of fused-ring (bicyclic) bond motifs is 4. The van der Waals surface area contributed by atoms with Gasteiger partial charge in [-0.2, -0.15) is 0 Å². The van der Waals surface area contributed by atoms with Crippen LogP contribution in [-0.2, 0) is 45.4 Å². The van der Waals surface area contributed by atoms with E-state index in [9.17, 15) is 0 Å². The Balaban J connectivity index is 0.000000119. The van der Waals surface area contributed by atoms with E-state index in [-0.39, 0.29) is 24.4 Å². The van der Waals surface area contributed by atoms with Crippen molar-refractivity contribution in [2.45, 2.75) is 90.4 Å². The highest BCUT2D eigenvalue weighted by Crippen LogP contribution is 2.42. The molecule has 10 nitrogen and oxygen atoms in total. The van der Waals surface area contributed by atoms with Gasteiger partial charge in [0.25, 0.3) is 0 Å². The second kappa shape index (κ2) is 25.1. The van der Waals surface area contributed by atoms with E-state index in [2.05, 4.69) is 141 Å². The van der Waals surface area contributed by atoms with Crippen molar-refractivity contribution in [1.82, 2.24) is 30.6 Å². The molecule has 4 aliphatic heterocycles. The van der Waals surface area contributed by atoms with Crippen LogP contribution in [0.1, 0.15) is 108 Å². The molecule has 10 heteroatoms. The third-order valence-corrected chi connectivity index (χ3v) is 13.8. The SMILES string of the molecule is CCC[C@@H]1OCc2c(-c3ccncc3)cccc21.CCC[C@H]1OCc2c(-c3ccncc3)cccc21.CNC[C@@H]1OCc2c(-c3ccncc3)cccc21.CNC[C@H]1OCc2c(-c3ccncc3)cccc21. The van der Waals surface area contributed by atoms with E-state index < -0.39 is 0 Å². The predicted octanol–water partition coefficient (Wildman–Crippen LogP) is 13.3. The maximum Gasteiger partial charge on any atom is 0.0957 e. The van der Waals surface area contributed by atoms with Crippen molar-refractivity contribution in [3.05, 3.63) is 215 Å². The molecule has 368 valence electrons. The first-order valence-electron chi connectivity index (χ1n) is 25.4. The minimum absolute atomic E-state index is 0.173. The molecule has 4 atom stereocenters. The lowest BCUT2D eigenvalue weighted by molar-refractivity contribution is 0.0596. The Morgan fingerprint density at radius 1 is 0.361 bits per heavy atom. The maximum atomic E-state index is 5.91. The first-order valence-corrected chi connectivity index (χ1v) is 25.4. The number of pyridine rings is 4. The van der Waals surface area contributed by atoms with E-state index in [4.69, 9.17) is 18.9 Å². The molecule has 4 aromatic heterocycles. The average molecular weight is 959 g/mol. The van der Waals surface area contributed by atoms with Crippen molar-refractivity contribution in [3.8, 4) is 44.5 Å². The standard InChI is InChI=1S/2C16H17NO.2C15H16N2O/c2*1-2-4-16-14-6-3-5-13(15(14)11-18-16)12-7-9-17-10-8-12;2*1-16-9-15-13-4-2-3-12(14(13)10-18-15)11-5-7-17-8-6-11/h2*3,5-10,16H,2,4,11H2,1H3;2*2-8,15-16H,9-10H2,1H3/t2*16-;2*15-/m1010/s1. The third kappa shape index (κ3) is 11.6. The Labute approximate surface area is 425 Å². The summed E-state index contributed by atoms with van der Waals surface area (Å²) in [6.45, 7) is 8.97. The van der Waals surface area contributed by atoms with Gasteiger partial charge in [0, 0.05) is 62.7 Å². The maximum absolute atomic E-state index is 5.91. The van der Waals surface area contributed by atoms with Crippen molar-refractivity contribution in [1.29, 1.82) is 0 Å². The van der Waals surface area contributed by atoms with Crippen LogP contribution in [0.15, 0.2) is 171 Å². The molecule has 0 amide bonds. The number of aromatic nitrogens is 4. The highest BCUT2D eigenvalue weighted by atomic mass is 16.5. The topological polar surface area (TPSA) is 113 Å². The summed E-state index contributed by atoms with van der Waals surface area (Å²) in [5, 5.41) is 6.35. The van der Waals surface area contributed by atoms with Gasteiger partial charge in [-0.05, 0) is 164 Å². The van der Waals surface area contributed by atoms with E-state index in [0.717, 1.165) is 52.0 Å². The molecule has 72 heavy (non-hydrogen) atoms. The van der Waals surface area contributed by atoms with E-state index in [1.807, 2.05) is 87.9 Å². The summed E-state index contributed by atoms with van der Waals surface area (Å²) in [4.78, 5) is 16.3. The second-order valence-electron chi connectivity index (χ2n) is 18.3. The van der Waals surface area contributed by atoms with Crippen LogP contribution in [0.3, 0.4) is 0 Å². The van der Waals surface area contributed by atoms with E-state index in [1.165, 1.54) is 89.0 Å². The molecule has 0 bridgehead atoms. The first kappa shape index (κ1) is 50.2. The van der Waals surface area contributed by atoms with Gasteiger partial charge < -0.3 is 29.6 Å². The number of ether oxygens (including phenoxy) is 4. The number of nitrogens with one attached hydrogen (secondary N) is 2. The lowest BCUT2D eigenvalue weighted by Crippen LogP contribution is -2.16. The second-order valence-corrected chi connectivity index (χ2v) is 18.3. The zero-order valence-corrected chi connectivity index (χ0v) is 42.0. The lowest BCUT2D eigenvalue weighted by atomic mass is 9.94. The summed E-state index contributed by atoms with van der Waals surface area (Å²) in [6, 6.07) is 42.2. The Morgan fingerprint density at radius 2 is 0.611 bits per heavy atom. The molecule has 0 unspecified atom stereocenters. The van der Waals surface area contributed by atoms with Crippen LogP contribution in [0.25, 0.3) is 44.5 Å². The summed E-state index contributed by atoms with van der Waals surface area (Å²) in [5.41, 5.74) is 20.6. The Bertz CT molecular complexity index is 2560. The number of nitrogens with zero attached hydrogens (tertiary/aromatic N) is 4. The number of hydrogen-bond acceptors (Lipinski definition) is 10. The molecule has 0 aliphatic carbocycles. The Morgan fingerprint density at radius 3 is 0.861 bits per heavy atom. The number of hydrogen-bond donors (Lipinski definition) is 2. The van der Waals surface area contributed by atoms with E-state index in [1.54, 1.807) is 0 Å². The third-order valence-electron chi connectivity index (χ3n) is 13.8. The zero-order valence-electron chi connectivity index (χ0n) is 42.0. The molecular weight excluding hydrogens is 893 g/mol. The summed E-state index contributed by atoms with van der Waals surface area (Å²) in [7, 11) is 3.90. The van der Waals surface area contributed by atoms with Crippen LogP contribution in [0.5, 0.6) is 0 Å². The van der Waals surface area contributed by atoms with E-state index in [0.29, 0.717) is 13.2 Å². The minimum atomic E-state index is 0.173. The molecule has 4 aromatic carbocycles. The number of rotatable bonds is 12. The Kier molecular flexibility index (Phi) is 17.5. The van der Waals surface area contributed by atoms with Crippen LogP contribution in [0.4, 0.5) is 0 Å².